The summed E-state index contributed by atoms with van der Waals surface area (Å²) in [6.07, 6.45) is -4.72. The summed E-state index contributed by atoms with van der Waals surface area (Å²) in [5.41, 5.74) is -1.45. The Morgan fingerprint density at radius 1 is 1.33 bits per heavy atom. The fourth-order valence-corrected chi connectivity index (χ4v) is 2.67. The van der Waals surface area contributed by atoms with Crippen LogP contribution in [-0.2, 0) is 11.3 Å². The molecule has 0 aromatic heterocycles. The van der Waals surface area contributed by atoms with Gasteiger partial charge in [0.2, 0.25) is 5.91 Å². The van der Waals surface area contributed by atoms with Crippen molar-refractivity contribution in [2.45, 2.75) is 26.1 Å². The van der Waals surface area contributed by atoms with E-state index in [2.05, 4.69) is 5.32 Å². The van der Waals surface area contributed by atoms with Gasteiger partial charge in [0.1, 0.15) is 0 Å². The zero-order chi connectivity index (χ0) is 15.5. The number of nitrogens with zero attached hydrogens (tertiary/aromatic N) is 1. The van der Waals surface area contributed by atoms with Crippen LogP contribution in [0.1, 0.15) is 18.9 Å². The second kappa shape index (κ2) is 6.05. The van der Waals surface area contributed by atoms with E-state index in [0.29, 0.717) is 0 Å². The number of hydrogen-bond donors (Lipinski definition) is 1. The van der Waals surface area contributed by atoms with Crippen molar-refractivity contribution in [2.75, 3.05) is 19.6 Å². The highest BCUT2D eigenvalue weighted by Crippen LogP contribution is 2.44. The predicted molar refractivity (Wildman–Crippen MR) is 73.5 cm³/mol. The number of hydrogen-bond acceptors (Lipinski definition) is 2. The normalized spacial score (nSPS) is 22.3. The maximum absolute atomic E-state index is 13.4. The van der Waals surface area contributed by atoms with Gasteiger partial charge in [-0.25, -0.2) is 0 Å². The summed E-state index contributed by atoms with van der Waals surface area (Å²) in [5.74, 6) is -0.827. The lowest BCUT2D eigenvalue weighted by Gasteiger charge is -2.34. The van der Waals surface area contributed by atoms with Crippen LogP contribution in [0.4, 0.5) is 13.2 Å². The predicted octanol–water partition coefficient (Wildman–Crippen LogP) is 2.58. The molecule has 6 heteroatoms. The summed E-state index contributed by atoms with van der Waals surface area (Å²) in [4.78, 5) is 13.8. The minimum Gasteiger partial charge on any atom is -0.338 e. The number of amides is 1. The van der Waals surface area contributed by atoms with Crippen molar-refractivity contribution in [3.05, 3.63) is 35.9 Å². The molecule has 1 amide bonds. The molecule has 1 fully saturated rings. The molecule has 1 saturated heterocycles. The average molecular weight is 300 g/mol. The molecule has 0 spiro atoms. The van der Waals surface area contributed by atoms with E-state index in [1.54, 1.807) is 6.92 Å². The van der Waals surface area contributed by atoms with Crippen molar-refractivity contribution in [3.8, 4) is 0 Å². The second-order valence-corrected chi connectivity index (χ2v) is 5.31. The molecule has 0 bridgehead atoms. The van der Waals surface area contributed by atoms with Crippen molar-refractivity contribution in [3.63, 3.8) is 0 Å². The largest absolute Gasteiger partial charge is 0.404 e. The molecule has 1 atom stereocenters. The second-order valence-electron chi connectivity index (χ2n) is 5.31. The Bertz CT molecular complexity index is 481. The van der Waals surface area contributed by atoms with Crippen LogP contribution in [0, 0.1) is 5.41 Å². The van der Waals surface area contributed by atoms with Crippen LogP contribution >= 0.6 is 0 Å². The molecule has 3 nitrogen and oxygen atoms in total. The van der Waals surface area contributed by atoms with Crippen LogP contribution in [0.25, 0.3) is 0 Å². The van der Waals surface area contributed by atoms with Crippen LogP contribution in [-0.4, -0.2) is 36.6 Å². The molecule has 0 radical (unpaired) electrons. The maximum Gasteiger partial charge on any atom is 0.404 e. The molecule has 1 N–H and O–H groups in total. The van der Waals surface area contributed by atoms with Gasteiger partial charge in [0, 0.05) is 19.6 Å². The summed E-state index contributed by atoms with van der Waals surface area (Å²) < 4.78 is 40.2. The van der Waals surface area contributed by atoms with Gasteiger partial charge in [-0.15, -0.1) is 0 Å². The first-order valence-electron chi connectivity index (χ1n) is 7.01. The highest BCUT2D eigenvalue weighted by atomic mass is 19.4. The third-order valence-electron chi connectivity index (χ3n) is 3.99. The first kappa shape index (κ1) is 15.8. The number of alkyl halides is 3. The standard InChI is InChI=1S/C15H19F3N2O/c1-2-20(10-12-6-4-3-5-7-12)13(21)14(15(16,17)18)8-9-19-11-14/h3-7,19H,2,8-11H2,1H3. The first-order chi connectivity index (χ1) is 9.90. The molecule has 1 aliphatic heterocycles. The molecule has 1 unspecified atom stereocenters. The SMILES string of the molecule is CCN(Cc1ccccc1)C(=O)C1(C(F)(F)F)CCNC1. The van der Waals surface area contributed by atoms with E-state index < -0.39 is 17.5 Å². The summed E-state index contributed by atoms with van der Waals surface area (Å²) in [7, 11) is 0. The monoisotopic (exact) mass is 300 g/mol. The summed E-state index contributed by atoms with van der Waals surface area (Å²) >= 11 is 0. The quantitative estimate of drug-likeness (QED) is 0.927. The number of halogens is 3. The molecule has 2 rings (SSSR count). The van der Waals surface area contributed by atoms with Gasteiger partial charge >= 0.3 is 6.18 Å². The number of carbonyl (C=O) groups excluding carboxylic acids is 1. The van der Waals surface area contributed by atoms with Gasteiger partial charge in [-0.05, 0) is 25.5 Å². The van der Waals surface area contributed by atoms with E-state index in [4.69, 9.17) is 0 Å². The Morgan fingerprint density at radius 2 is 2.00 bits per heavy atom. The Labute approximate surface area is 122 Å². The van der Waals surface area contributed by atoms with Crippen LogP contribution in [0.3, 0.4) is 0 Å². The van der Waals surface area contributed by atoms with Crippen molar-refractivity contribution >= 4 is 5.91 Å². The fraction of sp³-hybridized carbons (Fsp3) is 0.533. The topological polar surface area (TPSA) is 32.3 Å². The van der Waals surface area contributed by atoms with Crippen molar-refractivity contribution in [1.29, 1.82) is 0 Å². The highest BCUT2D eigenvalue weighted by Gasteiger charge is 2.62. The van der Waals surface area contributed by atoms with Crippen LogP contribution in [0.2, 0.25) is 0 Å². The van der Waals surface area contributed by atoms with Gasteiger partial charge in [-0.2, -0.15) is 13.2 Å². The molecule has 0 aliphatic carbocycles. The molecule has 0 saturated carbocycles. The van der Waals surface area contributed by atoms with Crippen LogP contribution in [0.5, 0.6) is 0 Å². The van der Waals surface area contributed by atoms with Crippen molar-refractivity contribution in [1.82, 2.24) is 10.2 Å². The Morgan fingerprint density at radius 3 is 2.48 bits per heavy atom. The summed E-state index contributed by atoms with van der Waals surface area (Å²) in [6, 6.07) is 9.07. The van der Waals surface area contributed by atoms with Gasteiger partial charge in [-0.3, -0.25) is 4.79 Å². The lowest BCUT2D eigenvalue weighted by molar-refractivity contribution is -0.222. The minimum absolute atomic E-state index is 0.194. The van der Waals surface area contributed by atoms with Crippen molar-refractivity contribution in [2.24, 2.45) is 5.41 Å². The number of rotatable bonds is 4. The lowest BCUT2D eigenvalue weighted by atomic mass is 9.84. The number of nitrogens with one attached hydrogen (secondary N) is 1. The lowest BCUT2D eigenvalue weighted by Crippen LogP contribution is -2.53. The molecule has 1 aliphatic rings. The number of benzene rings is 1. The van der Waals surface area contributed by atoms with E-state index in [9.17, 15) is 18.0 Å². The van der Waals surface area contributed by atoms with Crippen LogP contribution in [0.15, 0.2) is 30.3 Å². The zero-order valence-corrected chi connectivity index (χ0v) is 11.9. The van der Waals surface area contributed by atoms with Gasteiger partial charge in [0.25, 0.3) is 0 Å². The molecule has 1 aromatic rings. The molecule has 21 heavy (non-hydrogen) atoms. The minimum atomic E-state index is -4.53. The number of carbonyl (C=O) groups is 1. The molecular formula is C15H19F3N2O. The van der Waals surface area contributed by atoms with Gasteiger partial charge in [0.15, 0.2) is 5.41 Å². The molecule has 1 aromatic carbocycles. The third-order valence-corrected chi connectivity index (χ3v) is 3.99. The molecular weight excluding hydrogens is 281 g/mol. The van der Waals surface area contributed by atoms with Gasteiger partial charge in [-0.1, -0.05) is 30.3 Å². The van der Waals surface area contributed by atoms with Crippen LogP contribution < -0.4 is 5.32 Å². The van der Waals surface area contributed by atoms with E-state index in [1.807, 2.05) is 30.3 Å². The molecule has 1 heterocycles. The first-order valence-corrected chi connectivity index (χ1v) is 7.01. The summed E-state index contributed by atoms with van der Waals surface area (Å²) in [5, 5.41) is 2.68. The fourth-order valence-electron chi connectivity index (χ4n) is 2.67. The van der Waals surface area contributed by atoms with Gasteiger partial charge < -0.3 is 10.2 Å². The van der Waals surface area contributed by atoms with E-state index >= 15 is 0 Å². The summed E-state index contributed by atoms with van der Waals surface area (Å²) in [6.45, 7) is 2.04. The Hall–Kier alpha value is -1.56. The Balaban J connectivity index is 2.22. The maximum atomic E-state index is 13.4. The smallest absolute Gasteiger partial charge is 0.338 e. The zero-order valence-electron chi connectivity index (χ0n) is 11.9. The van der Waals surface area contributed by atoms with Crippen molar-refractivity contribution < 1.29 is 18.0 Å². The molecule has 116 valence electrons. The van der Waals surface area contributed by atoms with E-state index in [0.717, 1.165) is 5.56 Å². The Kier molecular flexibility index (Phi) is 4.56. The van der Waals surface area contributed by atoms with E-state index in [-0.39, 0.29) is 32.6 Å². The van der Waals surface area contributed by atoms with Gasteiger partial charge in [0.05, 0.1) is 0 Å². The van der Waals surface area contributed by atoms with E-state index in [1.165, 1.54) is 4.90 Å². The third kappa shape index (κ3) is 3.05. The highest BCUT2D eigenvalue weighted by molar-refractivity contribution is 5.84. The average Bonchev–Trinajstić information content (AvgIpc) is 2.95.